The van der Waals surface area contributed by atoms with E-state index < -0.39 is 0 Å². The van der Waals surface area contributed by atoms with E-state index in [1.807, 2.05) is 0 Å². The molecule has 12 heavy (non-hydrogen) atoms. The molecule has 70 valence electrons. The lowest BCUT2D eigenvalue weighted by Crippen LogP contribution is -2.33. The Balaban J connectivity index is 1.80. The Morgan fingerprint density at radius 1 is 1.08 bits per heavy atom. The number of nitrogens with zero attached hydrogens (tertiary/aromatic N) is 1. The van der Waals surface area contributed by atoms with Gasteiger partial charge in [0.2, 0.25) is 0 Å². The Bertz CT molecular complexity index is 133. The second-order valence-electron chi connectivity index (χ2n) is 4.39. The van der Waals surface area contributed by atoms with Gasteiger partial charge in [0.05, 0.1) is 0 Å². The number of hydrogen-bond donors (Lipinski definition) is 1. The minimum Gasteiger partial charge on any atom is -0.316 e. The monoisotopic (exact) mass is 168 g/mol. The van der Waals surface area contributed by atoms with Crippen LogP contribution in [0.1, 0.15) is 19.3 Å². The zero-order valence-electron chi connectivity index (χ0n) is 8.05. The molecule has 2 heteroatoms. The fraction of sp³-hybridized carbons (Fsp3) is 1.00. The Morgan fingerprint density at radius 3 is 2.42 bits per heavy atom. The lowest BCUT2D eigenvalue weighted by molar-refractivity contribution is 0.178. The molecule has 2 fully saturated rings. The van der Waals surface area contributed by atoms with Crippen molar-refractivity contribution in [2.45, 2.75) is 19.3 Å². The second-order valence-corrected chi connectivity index (χ2v) is 4.39. The van der Waals surface area contributed by atoms with Crippen LogP contribution < -0.4 is 5.32 Å². The van der Waals surface area contributed by atoms with Crippen molar-refractivity contribution < 1.29 is 0 Å². The first-order chi connectivity index (χ1) is 5.86. The first-order valence-electron chi connectivity index (χ1n) is 5.25. The van der Waals surface area contributed by atoms with Crippen molar-refractivity contribution in [3.05, 3.63) is 0 Å². The zero-order valence-corrected chi connectivity index (χ0v) is 8.05. The Kier molecular flexibility index (Phi) is 2.66. The maximum atomic E-state index is 3.47. The molecule has 2 aliphatic rings. The van der Waals surface area contributed by atoms with Crippen molar-refractivity contribution in [3.8, 4) is 0 Å². The maximum Gasteiger partial charge on any atom is -0.00174 e. The number of nitrogens with one attached hydrogen (secondary N) is 1. The van der Waals surface area contributed by atoms with Crippen LogP contribution in [-0.2, 0) is 0 Å². The van der Waals surface area contributed by atoms with E-state index in [1.54, 1.807) is 0 Å². The van der Waals surface area contributed by atoms with Crippen LogP contribution in [0.4, 0.5) is 0 Å². The molecule has 1 unspecified atom stereocenters. The molecule has 0 radical (unpaired) electrons. The summed E-state index contributed by atoms with van der Waals surface area (Å²) in [6, 6.07) is 0. The molecular weight excluding hydrogens is 148 g/mol. The van der Waals surface area contributed by atoms with Gasteiger partial charge >= 0.3 is 0 Å². The lowest BCUT2D eigenvalue weighted by atomic mass is 9.84. The summed E-state index contributed by atoms with van der Waals surface area (Å²) < 4.78 is 0. The highest BCUT2D eigenvalue weighted by Gasteiger charge is 2.27. The van der Waals surface area contributed by atoms with Crippen LogP contribution in [0.2, 0.25) is 0 Å². The Labute approximate surface area is 75.3 Å². The summed E-state index contributed by atoms with van der Waals surface area (Å²) in [4.78, 5) is 2.46. The summed E-state index contributed by atoms with van der Waals surface area (Å²) in [6.07, 6.45) is 4.29. The predicted octanol–water partition coefficient (Wildman–Crippen LogP) is 0.938. The van der Waals surface area contributed by atoms with Gasteiger partial charge in [0, 0.05) is 0 Å². The largest absolute Gasteiger partial charge is 0.316 e. The molecule has 0 amide bonds. The third-order valence-electron chi connectivity index (χ3n) is 3.53. The van der Waals surface area contributed by atoms with Crippen molar-refractivity contribution in [2.75, 3.05) is 33.2 Å². The van der Waals surface area contributed by atoms with Gasteiger partial charge in [-0.05, 0) is 64.3 Å². The van der Waals surface area contributed by atoms with E-state index >= 15 is 0 Å². The van der Waals surface area contributed by atoms with Gasteiger partial charge in [-0.3, -0.25) is 0 Å². The lowest BCUT2D eigenvalue weighted by Gasteiger charge is -2.32. The molecule has 2 saturated heterocycles. The van der Waals surface area contributed by atoms with Gasteiger partial charge in [-0.1, -0.05) is 0 Å². The van der Waals surface area contributed by atoms with Crippen LogP contribution >= 0.6 is 0 Å². The zero-order chi connectivity index (χ0) is 8.39. The van der Waals surface area contributed by atoms with Crippen LogP contribution in [-0.4, -0.2) is 38.1 Å². The van der Waals surface area contributed by atoms with Crippen molar-refractivity contribution in [1.82, 2.24) is 10.2 Å². The topological polar surface area (TPSA) is 15.3 Å². The van der Waals surface area contributed by atoms with Gasteiger partial charge in [-0.2, -0.15) is 0 Å². The van der Waals surface area contributed by atoms with Crippen molar-refractivity contribution in [3.63, 3.8) is 0 Å². The van der Waals surface area contributed by atoms with Crippen LogP contribution in [0.15, 0.2) is 0 Å². The van der Waals surface area contributed by atoms with E-state index in [0.717, 1.165) is 11.8 Å². The van der Waals surface area contributed by atoms with E-state index in [4.69, 9.17) is 0 Å². The van der Waals surface area contributed by atoms with E-state index in [1.165, 1.54) is 45.4 Å². The Hall–Kier alpha value is -0.0800. The van der Waals surface area contributed by atoms with Crippen molar-refractivity contribution >= 4 is 0 Å². The molecule has 1 N–H and O–H groups in total. The van der Waals surface area contributed by atoms with E-state index in [0.29, 0.717) is 0 Å². The van der Waals surface area contributed by atoms with Crippen LogP contribution in [0.3, 0.4) is 0 Å². The second kappa shape index (κ2) is 3.75. The third kappa shape index (κ3) is 1.80. The van der Waals surface area contributed by atoms with E-state index in [-0.39, 0.29) is 0 Å². The SMILES string of the molecule is CN1CCC(C2CCNC2)CC1. The first-order valence-corrected chi connectivity index (χ1v) is 5.25. The molecule has 2 rings (SSSR count). The van der Waals surface area contributed by atoms with Gasteiger partial charge < -0.3 is 10.2 Å². The molecule has 2 heterocycles. The molecule has 0 aromatic rings. The standard InChI is InChI=1S/C10H20N2/c1-12-6-3-9(4-7-12)10-2-5-11-8-10/h9-11H,2-8H2,1H3. The summed E-state index contributed by atoms with van der Waals surface area (Å²) in [7, 11) is 2.24. The smallest absolute Gasteiger partial charge is 0.00174 e. The average molecular weight is 168 g/mol. The van der Waals surface area contributed by atoms with Gasteiger partial charge in [0.25, 0.3) is 0 Å². The summed E-state index contributed by atoms with van der Waals surface area (Å²) >= 11 is 0. The molecule has 0 saturated carbocycles. The number of hydrogen-bond acceptors (Lipinski definition) is 2. The van der Waals surface area contributed by atoms with Crippen LogP contribution in [0, 0.1) is 11.8 Å². The predicted molar refractivity (Wildman–Crippen MR) is 51.2 cm³/mol. The average Bonchev–Trinajstić information content (AvgIpc) is 2.58. The molecule has 2 aliphatic heterocycles. The highest BCUT2D eigenvalue weighted by atomic mass is 15.1. The van der Waals surface area contributed by atoms with Crippen molar-refractivity contribution in [2.24, 2.45) is 11.8 Å². The normalized spacial score (nSPS) is 34.2. The minimum atomic E-state index is 0.999. The highest BCUT2D eigenvalue weighted by Crippen LogP contribution is 2.28. The van der Waals surface area contributed by atoms with Gasteiger partial charge in [-0.15, -0.1) is 0 Å². The maximum absolute atomic E-state index is 3.47. The molecule has 0 aromatic carbocycles. The fourth-order valence-corrected chi connectivity index (χ4v) is 2.58. The van der Waals surface area contributed by atoms with E-state index in [2.05, 4.69) is 17.3 Å². The summed E-state index contributed by atoms with van der Waals surface area (Å²) in [5, 5.41) is 3.47. The first kappa shape index (κ1) is 8.52. The highest BCUT2D eigenvalue weighted by molar-refractivity contribution is 4.81. The van der Waals surface area contributed by atoms with E-state index in [9.17, 15) is 0 Å². The molecule has 0 bridgehead atoms. The molecule has 1 atom stereocenters. The third-order valence-corrected chi connectivity index (χ3v) is 3.53. The molecule has 0 aromatic heterocycles. The van der Waals surface area contributed by atoms with Crippen LogP contribution in [0.5, 0.6) is 0 Å². The molecular formula is C10H20N2. The molecule has 0 aliphatic carbocycles. The summed E-state index contributed by atoms with van der Waals surface area (Å²) in [5.74, 6) is 2.02. The fourth-order valence-electron chi connectivity index (χ4n) is 2.58. The number of likely N-dealkylation sites (tertiary alicyclic amines) is 1. The summed E-state index contributed by atoms with van der Waals surface area (Å²) in [6.45, 7) is 5.19. The number of rotatable bonds is 1. The minimum absolute atomic E-state index is 0.999. The van der Waals surface area contributed by atoms with Crippen molar-refractivity contribution in [1.29, 1.82) is 0 Å². The van der Waals surface area contributed by atoms with Crippen LogP contribution in [0.25, 0.3) is 0 Å². The molecule has 0 spiro atoms. The Morgan fingerprint density at radius 2 is 1.83 bits per heavy atom. The van der Waals surface area contributed by atoms with Gasteiger partial charge in [0.15, 0.2) is 0 Å². The number of piperidine rings is 1. The van der Waals surface area contributed by atoms with Gasteiger partial charge in [0.1, 0.15) is 0 Å². The van der Waals surface area contributed by atoms with Gasteiger partial charge in [-0.25, -0.2) is 0 Å². The summed E-state index contributed by atoms with van der Waals surface area (Å²) in [5.41, 5.74) is 0. The molecule has 2 nitrogen and oxygen atoms in total. The quantitative estimate of drug-likeness (QED) is 0.627.